The number of fused-ring (bicyclic) bond motifs is 1. The number of hydrogen-bond donors (Lipinski definition) is 2. The Bertz CT molecular complexity index is 1090. The van der Waals surface area contributed by atoms with Gasteiger partial charge in [-0.1, -0.05) is 24.8 Å². The number of carbonyl (C=O) groups excluding carboxylic acids is 1. The van der Waals surface area contributed by atoms with Crippen LogP contribution in [0.5, 0.6) is 11.5 Å². The van der Waals surface area contributed by atoms with Gasteiger partial charge < -0.3 is 19.8 Å². The number of anilines is 1. The van der Waals surface area contributed by atoms with Gasteiger partial charge in [-0.05, 0) is 43.9 Å². The molecule has 8 heteroatoms. The van der Waals surface area contributed by atoms with Crippen molar-refractivity contribution in [3.05, 3.63) is 50.9 Å². The summed E-state index contributed by atoms with van der Waals surface area (Å²) in [6.45, 7) is 4.51. The number of benzene rings is 1. The van der Waals surface area contributed by atoms with Crippen molar-refractivity contribution >= 4 is 23.4 Å². The number of allylic oxidation sites excluding steroid dienone is 2. The fourth-order valence-corrected chi connectivity index (χ4v) is 4.90. The lowest BCUT2D eigenvalue weighted by Gasteiger charge is -2.33. The van der Waals surface area contributed by atoms with Gasteiger partial charge in [0.1, 0.15) is 5.82 Å². The van der Waals surface area contributed by atoms with Crippen molar-refractivity contribution < 1.29 is 14.3 Å². The van der Waals surface area contributed by atoms with E-state index in [1.54, 1.807) is 7.11 Å². The zero-order chi connectivity index (χ0) is 22.0. The van der Waals surface area contributed by atoms with Gasteiger partial charge in [-0.15, -0.1) is 0 Å². The van der Waals surface area contributed by atoms with Gasteiger partial charge in [-0.3, -0.25) is 9.59 Å². The number of aromatic amines is 1. The van der Waals surface area contributed by atoms with Crippen LogP contribution in [0.25, 0.3) is 0 Å². The molecule has 1 aromatic carbocycles. The Morgan fingerprint density at radius 2 is 2.03 bits per heavy atom. The largest absolute Gasteiger partial charge is 0.493 e. The number of thioether (sulfide) groups is 1. The standard InChI is InChI=1S/C23H27N3O4S/c1-4-11-31-23-25-21-20(22(28)26-23)18(19-14(24-21)7-6-8-15(19)27)13-9-10-16(30-5-2)17(12-13)29-3/h9-10,12,18H,4-8,11H2,1-3H3,(H2,24,25,26,28)/t18-/m0/s1. The molecule has 2 aliphatic rings. The van der Waals surface area contributed by atoms with Crippen LogP contribution in [-0.2, 0) is 4.79 Å². The maximum Gasteiger partial charge on any atom is 0.257 e. The lowest BCUT2D eigenvalue weighted by molar-refractivity contribution is -0.116. The van der Waals surface area contributed by atoms with Crippen LogP contribution < -0.4 is 20.3 Å². The molecule has 0 spiro atoms. The summed E-state index contributed by atoms with van der Waals surface area (Å²) in [5, 5.41) is 3.90. The first-order chi connectivity index (χ1) is 15.1. The summed E-state index contributed by atoms with van der Waals surface area (Å²) < 4.78 is 11.2. The third kappa shape index (κ3) is 4.08. The van der Waals surface area contributed by atoms with Crippen molar-refractivity contribution in [2.45, 2.75) is 50.6 Å². The molecule has 7 nitrogen and oxygen atoms in total. The number of ketones is 1. The number of ether oxygens (including phenoxy) is 2. The van der Waals surface area contributed by atoms with Gasteiger partial charge in [-0.25, -0.2) is 4.98 Å². The molecule has 2 heterocycles. The van der Waals surface area contributed by atoms with Gasteiger partial charge >= 0.3 is 0 Å². The highest BCUT2D eigenvalue weighted by molar-refractivity contribution is 7.99. The Morgan fingerprint density at radius 1 is 1.19 bits per heavy atom. The van der Waals surface area contributed by atoms with Crippen LogP contribution in [0.3, 0.4) is 0 Å². The van der Waals surface area contributed by atoms with E-state index in [0.29, 0.717) is 46.6 Å². The molecule has 1 aromatic heterocycles. The second-order valence-corrected chi connectivity index (χ2v) is 8.64. The third-order valence-corrected chi connectivity index (χ3v) is 6.58. The highest BCUT2D eigenvalue weighted by atomic mass is 32.2. The van der Waals surface area contributed by atoms with Crippen LogP contribution >= 0.6 is 11.8 Å². The van der Waals surface area contributed by atoms with Crippen LogP contribution in [0.2, 0.25) is 0 Å². The smallest absolute Gasteiger partial charge is 0.257 e. The number of carbonyl (C=O) groups is 1. The van der Waals surface area contributed by atoms with E-state index in [4.69, 9.17) is 9.47 Å². The summed E-state index contributed by atoms with van der Waals surface area (Å²) in [5.41, 5.74) is 2.59. The Kier molecular flexibility index (Phi) is 6.36. The van der Waals surface area contributed by atoms with Crippen LogP contribution in [0.1, 0.15) is 56.6 Å². The zero-order valence-electron chi connectivity index (χ0n) is 18.0. The normalized spacial score (nSPS) is 17.6. The maximum atomic E-state index is 13.2. The molecule has 1 atom stereocenters. The molecule has 0 amide bonds. The quantitative estimate of drug-likeness (QED) is 0.490. The fourth-order valence-electron chi connectivity index (χ4n) is 4.18. The minimum atomic E-state index is -0.495. The van der Waals surface area contributed by atoms with Crippen molar-refractivity contribution in [2.75, 3.05) is 24.8 Å². The molecular weight excluding hydrogens is 414 g/mol. The maximum absolute atomic E-state index is 13.2. The van der Waals surface area contributed by atoms with Crippen molar-refractivity contribution in [3.63, 3.8) is 0 Å². The second-order valence-electron chi connectivity index (χ2n) is 7.55. The average molecular weight is 442 g/mol. The average Bonchev–Trinajstić information content (AvgIpc) is 2.77. The molecule has 4 rings (SSSR count). The topological polar surface area (TPSA) is 93.3 Å². The summed E-state index contributed by atoms with van der Waals surface area (Å²) in [4.78, 5) is 33.8. The van der Waals surface area contributed by atoms with Crippen LogP contribution in [0.4, 0.5) is 5.82 Å². The van der Waals surface area contributed by atoms with Crippen LogP contribution in [-0.4, -0.2) is 35.2 Å². The minimum Gasteiger partial charge on any atom is -0.493 e. The highest BCUT2D eigenvalue weighted by Crippen LogP contribution is 2.45. The molecule has 0 saturated carbocycles. The first-order valence-corrected chi connectivity index (χ1v) is 11.7. The first kappa shape index (κ1) is 21.5. The molecule has 2 N–H and O–H groups in total. The number of Topliss-reactive ketones (excluding diaryl/α,β-unsaturated/α-hetero) is 1. The van der Waals surface area contributed by atoms with Gasteiger partial charge in [-0.2, -0.15) is 0 Å². The van der Waals surface area contributed by atoms with E-state index in [1.807, 2.05) is 25.1 Å². The Balaban J connectivity index is 1.88. The predicted molar refractivity (Wildman–Crippen MR) is 121 cm³/mol. The number of rotatable bonds is 7. The van der Waals surface area contributed by atoms with Gasteiger partial charge in [0.2, 0.25) is 0 Å². The van der Waals surface area contributed by atoms with Gasteiger partial charge in [0.25, 0.3) is 5.56 Å². The second kappa shape index (κ2) is 9.18. The molecule has 0 bridgehead atoms. The van der Waals surface area contributed by atoms with Gasteiger partial charge in [0.15, 0.2) is 22.4 Å². The summed E-state index contributed by atoms with van der Waals surface area (Å²) >= 11 is 1.52. The number of hydrogen-bond acceptors (Lipinski definition) is 7. The molecule has 1 aliphatic heterocycles. The number of nitrogens with zero attached hydrogens (tertiary/aromatic N) is 1. The number of methoxy groups -OCH3 is 1. The van der Waals surface area contributed by atoms with E-state index in [-0.39, 0.29) is 11.3 Å². The monoisotopic (exact) mass is 441 g/mol. The van der Waals surface area contributed by atoms with Gasteiger partial charge in [0.05, 0.1) is 19.3 Å². The van der Waals surface area contributed by atoms with Crippen molar-refractivity contribution in [1.29, 1.82) is 0 Å². The summed E-state index contributed by atoms with van der Waals surface area (Å²) in [6, 6.07) is 5.59. The molecule has 0 radical (unpaired) electrons. The fraction of sp³-hybridized carbons (Fsp3) is 0.435. The van der Waals surface area contributed by atoms with E-state index >= 15 is 0 Å². The summed E-state index contributed by atoms with van der Waals surface area (Å²) in [7, 11) is 1.58. The van der Waals surface area contributed by atoms with E-state index in [2.05, 4.69) is 22.2 Å². The minimum absolute atomic E-state index is 0.0705. The molecule has 164 valence electrons. The van der Waals surface area contributed by atoms with E-state index < -0.39 is 5.92 Å². The van der Waals surface area contributed by atoms with Crippen molar-refractivity contribution in [2.24, 2.45) is 0 Å². The molecule has 1 aliphatic carbocycles. The third-order valence-electron chi connectivity index (χ3n) is 5.50. The molecule has 0 fully saturated rings. The number of aromatic nitrogens is 2. The molecular formula is C23H27N3O4S. The Labute approximate surface area is 185 Å². The Hall–Kier alpha value is -2.74. The van der Waals surface area contributed by atoms with E-state index in [1.165, 1.54) is 11.8 Å². The lowest BCUT2D eigenvalue weighted by Crippen LogP contribution is -2.32. The number of H-pyrrole nitrogens is 1. The molecule has 2 aromatic rings. The van der Waals surface area contributed by atoms with Crippen LogP contribution in [0, 0.1) is 0 Å². The molecule has 0 saturated heterocycles. The first-order valence-electron chi connectivity index (χ1n) is 10.7. The zero-order valence-corrected chi connectivity index (χ0v) is 18.9. The molecule has 31 heavy (non-hydrogen) atoms. The van der Waals surface area contributed by atoms with Crippen LogP contribution in [0.15, 0.2) is 39.4 Å². The SMILES string of the molecule is CCCSc1nc2c(c(=O)[nH]1)[C@@H](c1ccc(OCC)c(OC)c1)C1=C(CCCC1=O)N2. The highest BCUT2D eigenvalue weighted by Gasteiger charge is 2.38. The number of nitrogens with one attached hydrogen (secondary N) is 2. The summed E-state index contributed by atoms with van der Waals surface area (Å²) in [5.74, 6) is 2.18. The van der Waals surface area contributed by atoms with Gasteiger partial charge in [0, 0.05) is 29.4 Å². The van der Waals surface area contributed by atoms with Crippen molar-refractivity contribution in [3.8, 4) is 11.5 Å². The van der Waals surface area contributed by atoms with E-state index in [0.717, 1.165) is 36.3 Å². The Morgan fingerprint density at radius 3 is 2.77 bits per heavy atom. The molecule has 0 unspecified atom stereocenters. The summed E-state index contributed by atoms with van der Waals surface area (Å²) in [6.07, 6.45) is 3.02. The van der Waals surface area contributed by atoms with Crippen molar-refractivity contribution in [1.82, 2.24) is 9.97 Å². The lowest BCUT2D eigenvalue weighted by atomic mass is 9.76. The predicted octanol–water partition coefficient (Wildman–Crippen LogP) is 4.24. The van der Waals surface area contributed by atoms with E-state index in [9.17, 15) is 9.59 Å².